The van der Waals surface area contributed by atoms with E-state index in [0.717, 1.165) is 17.4 Å². The van der Waals surface area contributed by atoms with Crippen molar-refractivity contribution in [3.05, 3.63) is 70.1 Å². The van der Waals surface area contributed by atoms with E-state index in [-0.39, 0.29) is 27.5 Å². The molecule has 0 aliphatic carbocycles. The molecular weight excluding hydrogens is 412 g/mol. The van der Waals surface area contributed by atoms with Gasteiger partial charge < -0.3 is 9.32 Å². The van der Waals surface area contributed by atoms with Crippen molar-refractivity contribution in [3.63, 3.8) is 0 Å². The minimum absolute atomic E-state index is 0.0235. The van der Waals surface area contributed by atoms with Crippen LogP contribution in [0.25, 0.3) is 21.2 Å². The summed E-state index contributed by atoms with van der Waals surface area (Å²) in [6.45, 7) is 0.666. The van der Waals surface area contributed by atoms with Gasteiger partial charge >= 0.3 is 5.63 Å². The number of hydrogen-bond acceptors (Lipinski definition) is 6. The minimum Gasteiger partial charge on any atom is -0.422 e. The van der Waals surface area contributed by atoms with Crippen molar-refractivity contribution in [2.75, 3.05) is 32.1 Å². The van der Waals surface area contributed by atoms with E-state index in [1.807, 2.05) is 19.0 Å². The van der Waals surface area contributed by atoms with Crippen LogP contribution >= 0.6 is 11.3 Å². The van der Waals surface area contributed by atoms with E-state index in [0.29, 0.717) is 17.5 Å². The predicted octanol–water partition coefficient (Wildman–Crippen LogP) is 3.89. The molecule has 2 aromatic carbocycles. The number of benzene rings is 2. The first-order valence-electron chi connectivity index (χ1n) is 9.08. The summed E-state index contributed by atoms with van der Waals surface area (Å²) in [6, 6.07) is 10.2. The number of para-hydroxylation sites is 1. The lowest BCUT2D eigenvalue weighted by Crippen LogP contribution is -2.38. The highest BCUT2D eigenvalue weighted by Gasteiger charge is 2.25. The first-order valence-corrected chi connectivity index (χ1v) is 9.90. The molecule has 0 aliphatic heterocycles. The Morgan fingerprint density at radius 1 is 1.13 bits per heavy atom. The lowest BCUT2D eigenvalue weighted by atomic mass is 10.1. The number of rotatable bonds is 5. The Bertz CT molecular complexity index is 1320. The Labute approximate surface area is 174 Å². The predicted molar refractivity (Wildman–Crippen MR) is 112 cm³/mol. The Hall–Kier alpha value is -3.17. The molecule has 0 N–H and O–H groups in total. The molecule has 9 heteroatoms. The Morgan fingerprint density at radius 3 is 2.67 bits per heavy atom. The number of carbonyl (C=O) groups is 1. The average Bonchev–Trinajstić information content (AvgIpc) is 3.11. The van der Waals surface area contributed by atoms with Gasteiger partial charge in [-0.15, -0.1) is 0 Å². The smallest absolute Gasteiger partial charge is 0.349 e. The SMILES string of the molecule is CN(C)CCN(C(=O)c1cc2ccccc2oc1=O)c1nc2c(F)cc(F)cc2s1. The molecule has 4 rings (SSSR count). The van der Waals surface area contributed by atoms with Crippen LogP contribution in [0.15, 0.2) is 51.7 Å². The second-order valence-electron chi connectivity index (χ2n) is 6.98. The molecule has 2 heterocycles. The molecule has 0 saturated heterocycles. The van der Waals surface area contributed by atoms with E-state index in [1.54, 1.807) is 24.3 Å². The number of amides is 1. The fourth-order valence-electron chi connectivity index (χ4n) is 3.00. The van der Waals surface area contributed by atoms with E-state index in [4.69, 9.17) is 4.42 Å². The molecule has 154 valence electrons. The van der Waals surface area contributed by atoms with E-state index >= 15 is 0 Å². The maximum absolute atomic E-state index is 14.1. The van der Waals surface area contributed by atoms with Gasteiger partial charge in [-0.2, -0.15) is 0 Å². The molecule has 0 spiro atoms. The number of thiazole rings is 1. The van der Waals surface area contributed by atoms with Gasteiger partial charge in [0.1, 0.15) is 22.5 Å². The average molecular weight is 429 g/mol. The van der Waals surface area contributed by atoms with Crippen LogP contribution in [0.2, 0.25) is 0 Å². The number of likely N-dealkylation sites (N-methyl/N-ethyl adjacent to an activating group) is 1. The van der Waals surface area contributed by atoms with Crippen LogP contribution < -0.4 is 10.5 Å². The first kappa shape index (κ1) is 20.1. The first-order chi connectivity index (χ1) is 14.3. The molecule has 0 saturated carbocycles. The third kappa shape index (κ3) is 3.81. The molecule has 0 aliphatic rings. The molecule has 0 unspecified atom stereocenters. The van der Waals surface area contributed by atoms with Crippen molar-refractivity contribution in [3.8, 4) is 0 Å². The maximum Gasteiger partial charge on any atom is 0.349 e. The molecule has 0 fully saturated rings. The van der Waals surface area contributed by atoms with Gasteiger partial charge in [0.15, 0.2) is 10.9 Å². The second kappa shape index (κ2) is 7.92. The monoisotopic (exact) mass is 429 g/mol. The number of hydrogen-bond donors (Lipinski definition) is 0. The normalized spacial score (nSPS) is 11.5. The topological polar surface area (TPSA) is 66.7 Å². The van der Waals surface area contributed by atoms with Crippen LogP contribution in [0.5, 0.6) is 0 Å². The molecule has 0 bridgehead atoms. The number of nitrogens with zero attached hydrogens (tertiary/aromatic N) is 3. The molecular formula is C21H17F2N3O3S. The van der Waals surface area contributed by atoms with Gasteiger partial charge in [-0.25, -0.2) is 18.6 Å². The number of anilines is 1. The summed E-state index contributed by atoms with van der Waals surface area (Å²) in [7, 11) is 3.67. The van der Waals surface area contributed by atoms with Crippen LogP contribution in [0.4, 0.5) is 13.9 Å². The summed E-state index contributed by atoms with van der Waals surface area (Å²) in [5.74, 6) is -2.15. The summed E-state index contributed by atoms with van der Waals surface area (Å²) < 4.78 is 33.3. The highest BCUT2D eigenvalue weighted by Crippen LogP contribution is 2.32. The van der Waals surface area contributed by atoms with Crippen LogP contribution in [0.3, 0.4) is 0 Å². The van der Waals surface area contributed by atoms with E-state index in [9.17, 15) is 18.4 Å². The van der Waals surface area contributed by atoms with Crippen molar-refractivity contribution in [1.82, 2.24) is 9.88 Å². The zero-order valence-corrected chi connectivity index (χ0v) is 17.0. The number of fused-ring (bicyclic) bond motifs is 2. The molecule has 6 nitrogen and oxygen atoms in total. The van der Waals surface area contributed by atoms with Crippen molar-refractivity contribution < 1.29 is 18.0 Å². The van der Waals surface area contributed by atoms with Gasteiger partial charge in [0.25, 0.3) is 5.91 Å². The molecule has 4 aromatic rings. The highest BCUT2D eigenvalue weighted by molar-refractivity contribution is 7.22. The maximum atomic E-state index is 14.1. The standard InChI is InChI=1S/C21H17F2N3O3S/c1-25(2)7-8-26(21-24-18-15(23)10-13(22)11-17(18)30-21)19(27)14-9-12-5-3-4-6-16(12)29-20(14)28/h3-6,9-11H,7-8H2,1-2H3. The highest BCUT2D eigenvalue weighted by atomic mass is 32.1. The Balaban J connectivity index is 1.81. The molecule has 1 amide bonds. The zero-order valence-electron chi connectivity index (χ0n) is 16.2. The molecule has 0 atom stereocenters. The number of halogens is 2. The summed E-state index contributed by atoms with van der Waals surface area (Å²) >= 11 is 0.981. The van der Waals surface area contributed by atoms with Crippen molar-refractivity contribution in [1.29, 1.82) is 0 Å². The zero-order chi connectivity index (χ0) is 21.4. The Kier molecular flexibility index (Phi) is 5.31. The van der Waals surface area contributed by atoms with Crippen LogP contribution in [0.1, 0.15) is 10.4 Å². The lowest BCUT2D eigenvalue weighted by molar-refractivity contribution is 0.0982. The summed E-state index contributed by atoms with van der Waals surface area (Å²) in [6.07, 6.45) is 0. The number of carbonyl (C=O) groups excluding carboxylic acids is 1. The quantitative estimate of drug-likeness (QED) is 0.451. The minimum atomic E-state index is -0.808. The van der Waals surface area contributed by atoms with Gasteiger partial charge in [0.2, 0.25) is 0 Å². The van der Waals surface area contributed by atoms with Gasteiger partial charge in [-0.3, -0.25) is 9.69 Å². The lowest BCUT2D eigenvalue weighted by Gasteiger charge is -2.21. The van der Waals surface area contributed by atoms with E-state index < -0.39 is 23.2 Å². The number of aromatic nitrogens is 1. The van der Waals surface area contributed by atoms with Gasteiger partial charge in [0.05, 0.1) is 4.70 Å². The van der Waals surface area contributed by atoms with E-state index in [1.165, 1.54) is 17.0 Å². The van der Waals surface area contributed by atoms with Crippen molar-refractivity contribution >= 4 is 43.6 Å². The van der Waals surface area contributed by atoms with Crippen molar-refractivity contribution in [2.45, 2.75) is 0 Å². The molecule has 30 heavy (non-hydrogen) atoms. The van der Waals surface area contributed by atoms with Crippen LogP contribution in [-0.4, -0.2) is 43.0 Å². The largest absolute Gasteiger partial charge is 0.422 e. The van der Waals surface area contributed by atoms with Crippen LogP contribution in [-0.2, 0) is 0 Å². The van der Waals surface area contributed by atoms with Gasteiger partial charge in [0, 0.05) is 24.5 Å². The third-order valence-corrected chi connectivity index (χ3v) is 5.55. The molecule has 0 radical (unpaired) electrons. The van der Waals surface area contributed by atoms with E-state index in [2.05, 4.69) is 4.98 Å². The Morgan fingerprint density at radius 2 is 1.90 bits per heavy atom. The fraction of sp³-hybridized carbons (Fsp3) is 0.190. The van der Waals surface area contributed by atoms with Crippen molar-refractivity contribution in [2.24, 2.45) is 0 Å². The van der Waals surface area contributed by atoms with Gasteiger partial charge in [-0.1, -0.05) is 29.5 Å². The summed E-state index contributed by atoms with van der Waals surface area (Å²) in [5.41, 5.74) is -0.578. The summed E-state index contributed by atoms with van der Waals surface area (Å²) in [5, 5.41) is 0.777. The second-order valence-corrected chi connectivity index (χ2v) is 7.99. The van der Waals surface area contributed by atoms with Crippen LogP contribution in [0, 0.1) is 11.6 Å². The van der Waals surface area contributed by atoms with Gasteiger partial charge in [-0.05, 0) is 32.3 Å². The fourth-order valence-corrected chi connectivity index (χ4v) is 4.03. The third-order valence-electron chi connectivity index (χ3n) is 4.52. The molecule has 2 aromatic heterocycles. The summed E-state index contributed by atoms with van der Waals surface area (Å²) in [4.78, 5) is 33.1.